The highest BCUT2D eigenvalue weighted by Crippen LogP contribution is 2.18. The van der Waals surface area contributed by atoms with Gasteiger partial charge in [0.05, 0.1) is 0 Å². The lowest BCUT2D eigenvalue weighted by molar-refractivity contribution is 0.211. The molecule has 0 aliphatic rings. The summed E-state index contributed by atoms with van der Waals surface area (Å²) in [6, 6.07) is 5.48. The first-order valence-electron chi connectivity index (χ1n) is 4.26. The van der Waals surface area contributed by atoms with Gasteiger partial charge in [0.15, 0.2) is 0 Å². The zero-order chi connectivity index (χ0) is 10.6. The third kappa shape index (κ3) is 3.03. The molecule has 0 spiro atoms. The van der Waals surface area contributed by atoms with Crippen molar-refractivity contribution in [1.29, 1.82) is 0 Å². The maximum atomic E-state index is 10.5. The van der Waals surface area contributed by atoms with E-state index in [0.717, 1.165) is 17.3 Å². The fraction of sp³-hybridized carbons (Fsp3) is 0.300. The van der Waals surface area contributed by atoms with Crippen LogP contribution in [0.5, 0.6) is 5.75 Å². The first-order valence-corrected chi connectivity index (χ1v) is 5.38. The zero-order valence-corrected chi connectivity index (χ0v) is 9.50. The topological polar surface area (TPSA) is 52.3 Å². The van der Waals surface area contributed by atoms with E-state index in [9.17, 15) is 4.79 Å². The van der Waals surface area contributed by atoms with Crippen LogP contribution in [0, 0.1) is 6.92 Å². The number of amides is 1. The molecule has 0 saturated heterocycles. The first kappa shape index (κ1) is 11.0. The van der Waals surface area contributed by atoms with Crippen LogP contribution in [0.15, 0.2) is 18.2 Å². The normalized spacial score (nSPS) is 9.86. The predicted molar refractivity (Wildman–Crippen MR) is 58.9 cm³/mol. The highest BCUT2D eigenvalue weighted by atomic mass is 79.9. The third-order valence-electron chi connectivity index (χ3n) is 1.90. The van der Waals surface area contributed by atoms with Crippen molar-refractivity contribution in [1.82, 2.24) is 0 Å². The number of alkyl halides is 1. The van der Waals surface area contributed by atoms with Gasteiger partial charge in [-0.2, -0.15) is 0 Å². The van der Waals surface area contributed by atoms with Crippen LogP contribution in [0.25, 0.3) is 0 Å². The van der Waals surface area contributed by atoms with Gasteiger partial charge in [-0.05, 0) is 36.6 Å². The number of rotatable bonds is 3. The molecule has 14 heavy (non-hydrogen) atoms. The van der Waals surface area contributed by atoms with Gasteiger partial charge in [-0.25, -0.2) is 4.79 Å². The predicted octanol–water partition coefficient (Wildman–Crippen LogP) is 2.39. The fourth-order valence-corrected chi connectivity index (χ4v) is 1.63. The molecule has 1 aromatic carbocycles. The Hall–Kier alpha value is -1.03. The van der Waals surface area contributed by atoms with Gasteiger partial charge in [0.2, 0.25) is 0 Å². The molecule has 3 nitrogen and oxygen atoms in total. The Bertz CT molecular complexity index is 339. The van der Waals surface area contributed by atoms with Crippen molar-refractivity contribution >= 4 is 22.0 Å². The molecule has 1 aromatic rings. The molecule has 1 amide bonds. The lowest BCUT2D eigenvalue weighted by atomic mass is 10.1. The lowest BCUT2D eigenvalue weighted by Crippen LogP contribution is -2.16. The molecule has 0 radical (unpaired) electrons. The van der Waals surface area contributed by atoms with E-state index < -0.39 is 6.09 Å². The molecule has 0 atom stereocenters. The van der Waals surface area contributed by atoms with E-state index in [2.05, 4.69) is 15.9 Å². The van der Waals surface area contributed by atoms with Gasteiger partial charge in [0.1, 0.15) is 5.75 Å². The summed E-state index contributed by atoms with van der Waals surface area (Å²) in [6.07, 6.45) is 0.126. The SMILES string of the molecule is Cc1ccc(OC(N)=O)cc1CCBr. The molecule has 0 fully saturated rings. The average molecular weight is 258 g/mol. The summed E-state index contributed by atoms with van der Waals surface area (Å²) in [6.45, 7) is 2.02. The van der Waals surface area contributed by atoms with Gasteiger partial charge in [0.25, 0.3) is 0 Å². The smallest absolute Gasteiger partial charge is 0.409 e. The van der Waals surface area contributed by atoms with Gasteiger partial charge in [-0.1, -0.05) is 22.0 Å². The van der Waals surface area contributed by atoms with E-state index in [-0.39, 0.29) is 0 Å². The minimum absolute atomic E-state index is 0.499. The maximum Gasteiger partial charge on any atom is 0.409 e. The van der Waals surface area contributed by atoms with E-state index in [1.54, 1.807) is 6.07 Å². The molecule has 0 aliphatic heterocycles. The highest BCUT2D eigenvalue weighted by molar-refractivity contribution is 9.09. The largest absolute Gasteiger partial charge is 0.410 e. The lowest BCUT2D eigenvalue weighted by Gasteiger charge is -2.06. The van der Waals surface area contributed by atoms with Crippen molar-refractivity contribution in [3.63, 3.8) is 0 Å². The molecule has 1 rings (SSSR count). The number of hydrogen-bond donors (Lipinski definition) is 1. The minimum atomic E-state index is -0.779. The Kier molecular flexibility index (Phi) is 3.95. The molecule has 0 heterocycles. The van der Waals surface area contributed by atoms with Gasteiger partial charge in [0, 0.05) is 5.33 Å². The number of aryl methyl sites for hydroxylation is 2. The second kappa shape index (κ2) is 5.00. The number of benzene rings is 1. The highest BCUT2D eigenvalue weighted by Gasteiger charge is 2.02. The van der Waals surface area contributed by atoms with E-state index in [1.807, 2.05) is 19.1 Å². The Balaban J connectivity index is 2.88. The van der Waals surface area contributed by atoms with Crippen molar-refractivity contribution in [2.24, 2.45) is 5.73 Å². The van der Waals surface area contributed by atoms with E-state index in [1.165, 1.54) is 5.56 Å². The van der Waals surface area contributed by atoms with E-state index in [0.29, 0.717) is 5.75 Å². The van der Waals surface area contributed by atoms with Gasteiger partial charge < -0.3 is 10.5 Å². The standard InChI is InChI=1S/C10H12BrNO2/c1-7-2-3-9(14-10(12)13)6-8(7)4-5-11/h2-3,6H,4-5H2,1H3,(H2,12,13). The average Bonchev–Trinajstić information content (AvgIpc) is 2.10. The van der Waals surface area contributed by atoms with Crippen molar-refractivity contribution < 1.29 is 9.53 Å². The van der Waals surface area contributed by atoms with Crippen molar-refractivity contribution in [3.05, 3.63) is 29.3 Å². The van der Waals surface area contributed by atoms with Crippen LogP contribution >= 0.6 is 15.9 Å². The number of halogens is 1. The van der Waals surface area contributed by atoms with Crippen LogP contribution in [0.2, 0.25) is 0 Å². The Morgan fingerprint density at radius 2 is 2.29 bits per heavy atom. The fourth-order valence-electron chi connectivity index (χ4n) is 1.20. The summed E-state index contributed by atoms with van der Waals surface area (Å²) in [7, 11) is 0. The quantitative estimate of drug-likeness (QED) is 0.846. The van der Waals surface area contributed by atoms with Crippen LogP contribution < -0.4 is 10.5 Å². The Morgan fingerprint density at radius 3 is 2.86 bits per heavy atom. The summed E-state index contributed by atoms with van der Waals surface area (Å²) in [4.78, 5) is 10.5. The molecule has 76 valence electrons. The van der Waals surface area contributed by atoms with Crippen molar-refractivity contribution in [2.45, 2.75) is 13.3 Å². The van der Waals surface area contributed by atoms with Crippen LogP contribution in [-0.4, -0.2) is 11.4 Å². The molecular weight excluding hydrogens is 246 g/mol. The number of ether oxygens (including phenoxy) is 1. The second-order valence-electron chi connectivity index (χ2n) is 2.95. The summed E-state index contributed by atoms with van der Waals surface area (Å²) in [5, 5.41) is 0.883. The molecule has 0 bridgehead atoms. The van der Waals surface area contributed by atoms with Crippen LogP contribution in [0.3, 0.4) is 0 Å². The molecular formula is C10H12BrNO2. The number of hydrogen-bond acceptors (Lipinski definition) is 2. The van der Waals surface area contributed by atoms with E-state index in [4.69, 9.17) is 10.5 Å². The van der Waals surface area contributed by atoms with Crippen LogP contribution in [0.4, 0.5) is 4.79 Å². The molecule has 0 saturated carbocycles. The molecule has 0 aromatic heterocycles. The van der Waals surface area contributed by atoms with Crippen LogP contribution in [-0.2, 0) is 6.42 Å². The Morgan fingerprint density at radius 1 is 1.57 bits per heavy atom. The third-order valence-corrected chi connectivity index (χ3v) is 2.30. The monoisotopic (exact) mass is 257 g/mol. The molecule has 0 unspecified atom stereocenters. The number of carbonyl (C=O) groups is 1. The van der Waals surface area contributed by atoms with E-state index >= 15 is 0 Å². The molecule has 0 aliphatic carbocycles. The van der Waals surface area contributed by atoms with Crippen molar-refractivity contribution in [2.75, 3.05) is 5.33 Å². The van der Waals surface area contributed by atoms with Crippen molar-refractivity contribution in [3.8, 4) is 5.75 Å². The minimum Gasteiger partial charge on any atom is -0.410 e. The summed E-state index contributed by atoms with van der Waals surface area (Å²) < 4.78 is 4.78. The number of primary amides is 1. The van der Waals surface area contributed by atoms with Crippen LogP contribution in [0.1, 0.15) is 11.1 Å². The summed E-state index contributed by atoms with van der Waals surface area (Å²) in [5.41, 5.74) is 7.25. The van der Waals surface area contributed by atoms with Gasteiger partial charge in [-0.15, -0.1) is 0 Å². The van der Waals surface area contributed by atoms with Gasteiger partial charge >= 0.3 is 6.09 Å². The number of nitrogens with two attached hydrogens (primary N) is 1. The molecule has 4 heteroatoms. The molecule has 2 N–H and O–H groups in total. The number of carbonyl (C=O) groups excluding carboxylic acids is 1. The zero-order valence-electron chi connectivity index (χ0n) is 7.92. The van der Waals surface area contributed by atoms with Gasteiger partial charge in [-0.3, -0.25) is 0 Å². The second-order valence-corrected chi connectivity index (χ2v) is 3.74. The summed E-state index contributed by atoms with van der Waals surface area (Å²) >= 11 is 3.36. The Labute approximate surface area is 91.4 Å². The first-order chi connectivity index (χ1) is 6.63. The summed E-state index contributed by atoms with van der Waals surface area (Å²) in [5.74, 6) is 0.499. The maximum absolute atomic E-state index is 10.5.